The summed E-state index contributed by atoms with van der Waals surface area (Å²) in [5.74, 6) is -0.870. The first kappa shape index (κ1) is 16.5. The number of hydrogen-bond acceptors (Lipinski definition) is 3. The van der Waals surface area contributed by atoms with E-state index in [1.54, 1.807) is 6.92 Å². The number of carboxylic acids is 1. The second-order valence-corrected chi connectivity index (χ2v) is 6.15. The lowest BCUT2D eigenvalue weighted by Crippen LogP contribution is -2.39. The Morgan fingerprint density at radius 3 is 2.65 bits per heavy atom. The van der Waals surface area contributed by atoms with Gasteiger partial charge >= 0.3 is 12.0 Å². The SMILES string of the molecule is CC(CS(C)=O)NC(=O)Nc1ccc(Cl)cc1C(=O)O. The molecule has 0 heterocycles. The molecule has 0 aliphatic heterocycles. The largest absolute Gasteiger partial charge is 0.478 e. The molecule has 2 atom stereocenters. The number of benzene rings is 1. The van der Waals surface area contributed by atoms with Gasteiger partial charge in [0.05, 0.1) is 11.3 Å². The molecule has 1 rings (SSSR count). The molecule has 0 saturated heterocycles. The number of aromatic carboxylic acids is 1. The van der Waals surface area contributed by atoms with Crippen molar-refractivity contribution in [3.63, 3.8) is 0 Å². The predicted octanol–water partition coefficient (Wildman–Crippen LogP) is 1.93. The lowest BCUT2D eigenvalue weighted by Gasteiger charge is -2.14. The highest BCUT2D eigenvalue weighted by Gasteiger charge is 2.14. The molecule has 0 fully saturated rings. The Labute approximate surface area is 124 Å². The Morgan fingerprint density at radius 1 is 1.45 bits per heavy atom. The normalized spacial score (nSPS) is 13.3. The number of rotatable bonds is 5. The molecule has 110 valence electrons. The predicted molar refractivity (Wildman–Crippen MR) is 79.0 cm³/mol. The van der Waals surface area contributed by atoms with E-state index < -0.39 is 22.8 Å². The monoisotopic (exact) mass is 318 g/mol. The molecule has 8 heteroatoms. The highest BCUT2D eigenvalue weighted by Crippen LogP contribution is 2.20. The van der Waals surface area contributed by atoms with Crippen LogP contribution in [0.2, 0.25) is 5.02 Å². The highest BCUT2D eigenvalue weighted by atomic mass is 35.5. The third kappa shape index (κ3) is 5.18. The third-order valence-corrected chi connectivity index (χ3v) is 3.53. The summed E-state index contributed by atoms with van der Waals surface area (Å²) in [6.07, 6.45) is 1.54. The van der Waals surface area contributed by atoms with Crippen LogP contribution in [0, 0.1) is 0 Å². The van der Waals surface area contributed by atoms with Crippen LogP contribution >= 0.6 is 11.6 Å². The number of carbonyl (C=O) groups excluding carboxylic acids is 1. The van der Waals surface area contributed by atoms with Crippen molar-refractivity contribution in [2.75, 3.05) is 17.3 Å². The van der Waals surface area contributed by atoms with Gasteiger partial charge in [0.2, 0.25) is 0 Å². The molecular weight excluding hydrogens is 304 g/mol. The lowest BCUT2D eigenvalue weighted by atomic mass is 10.2. The first-order chi connectivity index (χ1) is 9.29. The number of anilines is 1. The Morgan fingerprint density at radius 2 is 2.10 bits per heavy atom. The maximum atomic E-state index is 11.7. The van der Waals surface area contributed by atoms with Crippen molar-refractivity contribution in [3.8, 4) is 0 Å². The molecule has 1 aromatic carbocycles. The number of hydrogen-bond donors (Lipinski definition) is 3. The molecule has 2 amide bonds. The molecule has 0 aliphatic rings. The summed E-state index contributed by atoms with van der Waals surface area (Å²) in [5, 5.41) is 14.3. The number of carbonyl (C=O) groups is 2. The van der Waals surface area contributed by atoms with Crippen LogP contribution in [0.25, 0.3) is 0 Å². The van der Waals surface area contributed by atoms with Crippen LogP contribution in [-0.2, 0) is 10.8 Å². The van der Waals surface area contributed by atoms with Crippen LogP contribution in [-0.4, -0.2) is 39.4 Å². The van der Waals surface area contributed by atoms with Gasteiger partial charge in [0.15, 0.2) is 0 Å². The molecule has 20 heavy (non-hydrogen) atoms. The van der Waals surface area contributed by atoms with Crippen molar-refractivity contribution < 1.29 is 18.9 Å². The van der Waals surface area contributed by atoms with Crippen molar-refractivity contribution in [2.45, 2.75) is 13.0 Å². The summed E-state index contributed by atoms with van der Waals surface area (Å²) >= 11 is 5.71. The Balaban J connectivity index is 2.76. The minimum Gasteiger partial charge on any atom is -0.478 e. The van der Waals surface area contributed by atoms with Gasteiger partial charge in [-0.25, -0.2) is 9.59 Å². The fourth-order valence-corrected chi connectivity index (χ4v) is 2.54. The fraction of sp³-hybridized carbons (Fsp3) is 0.333. The highest BCUT2D eigenvalue weighted by molar-refractivity contribution is 7.84. The number of halogens is 1. The van der Waals surface area contributed by atoms with Crippen LogP contribution in [0.3, 0.4) is 0 Å². The first-order valence-electron chi connectivity index (χ1n) is 5.70. The second kappa shape index (κ2) is 7.25. The molecule has 0 spiro atoms. The van der Waals surface area contributed by atoms with Crippen LogP contribution in [0.1, 0.15) is 17.3 Å². The van der Waals surface area contributed by atoms with Gasteiger partial charge in [-0.2, -0.15) is 0 Å². The maximum absolute atomic E-state index is 11.7. The van der Waals surface area contributed by atoms with Gasteiger partial charge in [-0.1, -0.05) is 11.6 Å². The summed E-state index contributed by atoms with van der Waals surface area (Å²) in [7, 11) is -1.03. The molecule has 0 aromatic heterocycles. The van der Waals surface area contributed by atoms with E-state index in [1.165, 1.54) is 24.5 Å². The van der Waals surface area contributed by atoms with Crippen molar-refractivity contribution in [3.05, 3.63) is 28.8 Å². The van der Waals surface area contributed by atoms with E-state index in [0.717, 1.165) is 0 Å². The number of amides is 2. The van der Waals surface area contributed by atoms with E-state index in [2.05, 4.69) is 10.6 Å². The van der Waals surface area contributed by atoms with Crippen LogP contribution < -0.4 is 10.6 Å². The Kier molecular flexibility index (Phi) is 5.97. The minimum absolute atomic E-state index is 0.0978. The van der Waals surface area contributed by atoms with Crippen molar-refractivity contribution >= 4 is 40.1 Å². The van der Waals surface area contributed by atoms with E-state index in [9.17, 15) is 13.8 Å². The van der Waals surface area contributed by atoms with E-state index in [4.69, 9.17) is 16.7 Å². The minimum atomic E-state index is -1.19. The van der Waals surface area contributed by atoms with Gasteiger partial charge < -0.3 is 15.7 Å². The van der Waals surface area contributed by atoms with E-state index >= 15 is 0 Å². The summed E-state index contributed by atoms with van der Waals surface area (Å²) in [6, 6.07) is 3.29. The van der Waals surface area contributed by atoms with Crippen LogP contribution in [0.15, 0.2) is 18.2 Å². The maximum Gasteiger partial charge on any atom is 0.337 e. The quantitative estimate of drug-likeness (QED) is 0.773. The topological polar surface area (TPSA) is 95.5 Å². The van der Waals surface area contributed by atoms with Crippen molar-refractivity contribution in [2.24, 2.45) is 0 Å². The molecular formula is C12H15ClN2O4S. The van der Waals surface area contributed by atoms with E-state index in [-0.39, 0.29) is 22.3 Å². The first-order valence-corrected chi connectivity index (χ1v) is 7.80. The van der Waals surface area contributed by atoms with Crippen molar-refractivity contribution in [1.82, 2.24) is 5.32 Å². The summed E-state index contributed by atoms with van der Waals surface area (Å²) in [5.41, 5.74) is 0.0450. The number of nitrogens with one attached hydrogen (secondary N) is 2. The average Bonchev–Trinajstić information content (AvgIpc) is 2.29. The zero-order valence-electron chi connectivity index (χ0n) is 11.0. The molecule has 0 saturated carbocycles. The van der Waals surface area contributed by atoms with Gasteiger partial charge in [-0.05, 0) is 25.1 Å². The smallest absolute Gasteiger partial charge is 0.337 e. The van der Waals surface area contributed by atoms with Crippen LogP contribution in [0.5, 0.6) is 0 Å². The zero-order valence-corrected chi connectivity index (χ0v) is 12.5. The molecule has 1 aromatic rings. The van der Waals surface area contributed by atoms with Crippen LogP contribution in [0.4, 0.5) is 10.5 Å². The van der Waals surface area contributed by atoms with Crippen molar-refractivity contribution in [1.29, 1.82) is 0 Å². The van der Waals surface area contributed by atoms with Gasteiger partial charge in [0.1, 0.15) is 0 Å². The Hall–Kier alpha value is -1.60. The standard InChI is InChI=1S/C12H15ClN2O4S/c1-7(6-20(2)19)14-12(18)15-10-4-3-8(13)5-9(10)11(16)17/h3-5,7H,6H2,1-2H3,(H,16,17)(H2,14,15,18). The van der Waals surface area contributed by atoms with Gasteiger partial charge in [0, 0.05) is 33.9 Å². The van der Waals surface area contributed by atoms with Gasteiger partial charge in [-0.3, -0.25) is 4.21 Å². The summed E-state index contributed by atoms with van der Waals surface area (Å²) in [6.45, 7) is 1.71. The average molecular weight is 319 g/mol. The summed E-state index contributed by atoms with van der Waals surface area (Å²) in [4.78, 5) is 22.8. The third-order valence-electron chi connectivity index (χ3n) is 2.32. The lowest BCUT2D eigenvalue weighted by molar-refractivity contribution is 0.0698. The Bertz CT molecular complexity index is 550. The molecule has 3 N–H and O–H groups in total. The van der Waals surface area contributed by atoms with E-state index in [1.807, 2.05) is 0 Å². The van der Waals surface area contributed by atoms with Gasteiger partial charge in [0.25, 0.3) is 0 Å². The molecule has 6 nitrogen and oxygen atoms in total. The molecule has 0 radical (unpaired) electrons. The van der Waals surface area contributed by atoms with E-state index in [0.29, 0.717) is 5.75 Å². The number of urea groups is 1. The molecule has 0 bridgehead atoms. The fourth-order valence-electron chi connectivity index (χ4n) is 1.58. The summed E-state index contributed by atoms with van der Waals surface area (Å²) < 4.78 is 11.0. The second-order valence-electron chi connectivity index (χ2n) is 4.23. The zero-order chi connectivity index (χ0) is 15.3. The molecule has 0 aliphatic carbocycles. The number of carboxylic acid groups (broad SMARTS) is 1. The van der Waals surface area contributed by atoms with Gasteiger partial charge in [-0.15, -0.1) is 0 Å². The molecule has 2 unspecified atom stereocenters.